The van der Waals surface area contributed by atoms with Crippen molar-refractivity contribution in [3.63, 3.8) is 0 Å². The second kappa shape index (κ2) is 3.56. The molecule has 0 amide bonds. The largest absolute Gasteiger partial charge is 0.307 e. The van der Waals surface area contributed by atoms with Crippen LogP contribution in [0.1, 0.15) is 36.8 Å². The Balaban J connectivity index is 2.02. The Bertz CT molecular complexity index is 403. The first kappa shape index (κ1) is 10.3. The smallest absolute Gasteiger partial charge is 0.126 e. The minimum absolute atomic E-state index is 0.0901. The van der Waals surface area contributed by atoms with E-state index in [2.05, 4.69) is 5.32 Å². The van der Waals surface area contributed by atoms with Gasteiger partial charge in [-0.3, -0.25) is 0 Å². The highest BCUT2D eigenvalue weighted by molar-refractivity contribution is 5.33. The summed E-state index contributed by atoms with van der Waals surface area (Å²) in [6.07, 6.45) is 5.10. The highest BCUT2D eigenvalue weighted by Gasteiger charge is 2.47. The standard InChI is InChI=1S/C14H18FN/c1-10-9-12(5-6-13(10)15)14(11-3-4-11)7-2-8-16-14/h5-6,9,11,16H,2-4,7-8H2,1H3. The molecule has 86 valence electrons. The van der Waals surface area contributed by atoms with Crippen molar-refractivity contribution in [2.75, 3.05) is 6.54 Å². The van der Waals surface area contributed by atoms with Crippen molar-refractivity contribution >= 4 is 0 Å². The van der Waals surface area contributed by atoms with E-state index >= 15 is 0 Å². The molecule has 1 atom stereocenters. The van der Waals surface area contributed by atoms with E-state index in [0.717, 1.165) is 18.0 Å². The van der Waals surface area contributed by atoms with E-state index in [1.165, 1.54) is 31.2 Å². The van der Waals surface area contributed by atoms with Crippen molar-refractivity contribution in [2.45, 2.75) is 38.1 Å². The third-order valence-corrected chi connectivity index (χ3v) is 4.14. The Hall–Kier alpha value is -0.890. The number of nitrogens with one attached hydrogen (secondary N) is 1. The van der Waals surface area contributed by atoms with Gasteiger partial charge in [0.2, 0.25) is 0 Å². The molecule has 16 heavy (non-hydrogen) atoms. The lowest BCUT2D eigenvalue weighted by Gasteiger charge is -2.31. The number of rotatable bonds is 2. The summed E-state index contributed by atoms with van der Waals surface area (Å²) in [6, 6.07) is 5.62. The van der Waals surface area contributed by atoms with Crippen molar-refractivity contribution < 1.29 is 4.39 Å². The number of aryl methyl sites for hydroxylation is 1. The summed E-state index contributed by atoms with van der Waals surface area (Å²) in [5.74, 6) is 0.688. The molecule has 1 N–H and O–H groups in total. The molecule has 1 nitrogen and oxygen atoms in total. The molecule has 1 unspecified atom stereocenters. The summed E-state index contributed by atoms with van der Waals surface area (Å²) in [6.45, 7) is 2.96. The van der Waals surface area contributed by atoms with Gasteiger partial charge in [0.15, 0.2) is 0 Å². The van der Waals surface area contributed by atoms with Crippen LogP contribution in [0.4, 0.5) is 4.39 Å². The highest BCUT2D eigenvalue weighted by Crippen LogP contribution is 2.50. The van der Waals surface area contributed by atoms with E-state index in [1.54, 1.807) is 6.07 Å². The molecule has 2 aliphatic rings. The molecule has 1 heterocycles. The lowest BCUT2D eigenvalue weighted by molar-refractivity contribution is 0.335. The molecule has 1 aliphatic heterocycles. The lowest BCUT2D eigenvalue weighted by Crippen LogP contribution is -2.39. The molecule has 2 heteroatoms. The van der Waals surface area contributed by atoms with Crippen LogP contribution >= 0.6 is 0 Å². The zero-order valence-corrected chi connectivity index (χ0v) is 9.72. The van der Waals surface area contributed by atoms with Gasteiger partial charge in [-0.2, -0.15) is 0 Å². The Kier molecular flexibility index (Phi) is 2.28. The van der Waals surface area contributed by atoms with Crippen molar-refractivity contribution in [1.82, 2.24) is 5.32 Å². The normalized spacial score (nSPS) is 29.6. The fraction of sp³-hybridized carbons (Fsp3) is 0.571. The van der Waals surface area contributed by atoms with Crippen LogP contribution in [0.25, 0.3) is 0 Å². The summed E-state index contributed by atoms with van der Waals surface area (Å²) >= 11 is 0. The zero-order chi connectivity index (χ0) is 11.2. The molecule has 1 saturated heterocycles. The number of halogens is 1. The van der Waals surface area contributed by atoms with Gasteiger partial charge in [0.25, 0.3) is 0 Å². The molecular weight excluding hydrogens is 201 g/mol. The van der Waals surface area contributed by atoms with Crippen LogP contribution in [0, 0.1) is 18.7 Å². The van der Waals surface area contributed by atoms with Gasteiger partial charge in [-0.15, -0.1) is 0 Å². The monoisotopic (exact) mass is 219 g/mol. The van der Waals surface area contributed by atoms with Crippen molar-refractivity contribution in [3.8, 4) is 0 Å². The molecule has 0 bridgehead atoms. The van der Waals surface area contributed by atoms with Gasteiger partial charge in [0.1, 0.15) is 5.82 Å². The molecule has 1 aromatic rings. The summed E-state index contributed by atoms with van der Waals surface area (Å²) in [5.41, 5.74) is 2.23. The maximum absolute atomic E-state index is 13.3. The maximum Gasteiger partial charge on any atom is 0.126 e. The molecule has 0 aromatic heterocycles. The minimum atomic E-state index is -0.0901. The molecule has 1 aromatic carbocycles. The SMILES string of the molecule is Cc1cc(C2(C3CC3)CCCN2)ccc1F. The van der Waals surface area contributed by atoms with E-state index < -0.39 is 0 Å². The Morgan fingerprint density at radius 1 is 1.38 bits per heavy atom. The maximum atomic E-state index is 13.3. The predicted molar refractivity (Wildman–Crippen MR) is 62.8 cm³/mol. The van der Waals surface area contributed by atoms with Crippen LogP contribution in [-0.4, -0.2) is 6.54 Å². The zero-order valence-electron chi connectivity index (χ0n) is 9.72. The van der Waals surface area contributed by atoms with E-state index in [9.17, 15) is 4.39 Å². The quantitative estimate of drug-likeness (QED) is 0.805. The van der Waals surface area contributed by atoms with Gasteiger partial charge in [0.05, 0.1) is 0 Å². The topological polar surface area (TPSA) is 12.0 Å². The third-order valence-electron chi connectivity index (χ3n) is 4.14. The molecule has 2 fully saturated rings. The fourth-order valence-electron chi connectivity index (χ4n) is 3.10. The first-order chi connectivity index (χ1) is 7.72. The Labute approximate surface area is 96.1 Å². The third kappa shape index (κ3) is 1.47. The lowest BCUT2D eigenvalue weighted by atomic mass is 9.83. The second-order valence-corrected chi connectivity index (χ2v) is 5.24. The average Bonchev–Trinajstić information content (AvgIpc) is 3.02. The van der Waals surface area contributed by atoms with E-state index in [1.807, 2.05) is 19.1 Å². The van der Waals surface area contributed by atoms with Crippen molar-refractivity contribution in [1.29, 1.82) is 0 Å². The number of benzene rings is 1. The first-order valence-corrected chi connectivity index (χ1v) is 6.24. The van der Waals surface area contributed by atoms with Crippen molar-refractivity contribution in [3.05, 3.63) is 35.1 Å². The molecule has 0 radical (unpaired) electrons. The molecule has 1 saturated carbocycles. The van der Waals surface area contributed by atoms with Crippen molar-refractivity contribution in [2.24, 2.45) is 5.92 Å². The first-order valence-electron chi connectivity index (χ1n) is 6.24. The van der Waals surface area contributed by atoms with Gasteiger partial charge in [-0.05, 0) is 62.3 Å². The van der Waals surface area contributed by atoms with Crippen LogP contribution in [-0.2, 0) is 5.54 Å². The van der Waals surface area contributed by atoms with Gasteiger partial charge in [0, 0.05) is 5.54 Å². The Morgan fingerprint density at radius 2 is 2.19 bits per heavy atom. The number of hydrogen-bond acceptors (Lipinski definition) is 1. The summed E-state index contributed by atoms with van der Waals surface area (Å²) < 4.78 is 13.3. The van der Waals surface area contributed by atoms with Gasteiger partial charge in [-0.25, -0.2) is 4.39 Å². The van der Waals surface area contributed by atoms with Gasteiger partial charge in [-0.1, -0.05) is 12.1 Å². The summed E-state index contributed by atoms with van der Waals surface area (Å²) in [7, 11) is 0. The second-order valence-electron chi connectivity index (χ2n) is 5.24. The average molecular weight is 219 g/mol. The highest BCUT2D eigenvalue weighted by atomic mass is 19.1. The summed E-state index contributed by atoms with van der Waals surface area (Å²) in [4.78, 5) is 0. The molecule has 0 spiro atoms. The van der Waals surface area contributed by atoms with Crippen LogP contribution in [0.2, 0.25) is 0 Å². The predicted octanol–water partition coefficient (Wildman–Crippen LogP) is 3.12. The van der Waals surface area contributed by atoms with Crippen LogP contribution in [0.5, 0.6) is 0 Å². The molecule has 3 rings (SSSR count). The minimum Gasteiger partial charge on any atom is -0.307 e. The van der Waals surface area contributed by atoms with E-state index in [0.29, 0.717) is 0 Å². The van der Waals surface area contributed by atoms with E-state index in [4.69, 9.17) is 0 Å². The van der Waals surface area contributed by atoms with Crippen LogP contribution < -0.4 is 5.32 Å². The van der Waals surface area contributed by atoms with Gasteiger partial charge >= 0.3 is 0 Å². The fourth-order valence-corrected chi connectivity index (χ4v) is 3.10. The Morgan fingerprint density at radius 3 is 2.75 bits per heavy atom. The van der Waals surface area contributed by atoms with Crippen LogP contribution in [0.15, 0.2) is 18.2 Å². The molecular formula is C14H18FN. The van der Waals surface area contributed by atoms with E-state index in [-0.39, 0.29) is 11.4 Å². The summed E-state index contributed by atoms with van der Waals surface area (Å²) in [5, 5.41) is 3.67. The van der Waals surface area contributed by atoms with Crippen LogP contribution in [0.3, 0.4) is 0 Å². The number of hydrogen-bond donors (Lipinski definition) is 1. The van der Waals surface area contributed by atoms with Gasteiger partial charge < -0.3 is 5.32 Å². The molecule has 1 aliphatic carbocycles.